The van der Waals surface area contributed by atoms with Crippen molar-refractivity contribution in [3.05, 3.63) is 11.7 Å². The molecule has 1 aliphatic carbocycles. The number of carbonyl (C=O) groups excluding carboxylic acids is 1. The standard InChI is InChI=1S/C8H10F2O/c1-5-2-3-6(4-11)8(10)7(5)9/h4-6H,2-3H2,1H3/t5-,6?/m1/s1. The molecule has 0 fully saturated rings. The molecule has 0 radical (unpaired) electrons. The van der Waals surface area contributed by atoms with Crippen LogP contribution in [0.5, 0.6) is 0 Å². The minimum atomic E-state index is -0.862. The van der Waals surface area contributed by atoms with Crippen LogP contribution in [0.1, 0.15) is 19.8 Å². The van der Waals surface area contributed by atoms with Crippen LogP contribution >= 0.6 is 0 Å². The zero-order valence-electron chi connectivity index (χ0n) is 6.31. The number of carbonyl (C=O) groups is 1. The highest BCUT2D eigenvalue weighted by molar-refractivity contribution is 5.58. The van der Waals surface area contributed by atoms with E-state index in [9.17, 15) is 13.6 Å². The molecule has 0 aromatic carbocycles. The fourth-order valence-electron chi connectivity index (χ4n) is 1.22. The monoisotopic (exact) mass is 160 g/mol. The van der Waals surface area contributed by atoms with Gasteiger partial charge in [0.25, 0.3) is 0 Å². The Morgan fingerprint density at radius 3 is 2.55 bits per heavy atom. The number of hydrogen-bond donors (Lipinski definition) is 0. The number of allylic oxidation sites excluding steroid dienone is 2. The summed E-state index contributed by atoms with van der Waals surface area (Å²) in [5.74, 6) is -2.79. The number of aldehydes is 1. The maximum atomic E-state index is 12.8. The fourth-order valence-corrected chi connectivity index (χ4v) is 1.22. The van der Waals surface area contributed by atoms with Gasteiger partial charge < -0.3 is 4.79 Å². The van der Waals surface area contributed by atoms with E-state index in [-0.39, 0.29) is 5.92 Å². The van der Waals surface area contributed by atoms with Crippen molar-refractivity contribution in [3.8, 4) is 0 Å². The van der Waals surface area contributed by atoms with Crippen molar-refractivity contribution in [2.75, 3.05) is 0 Å². The van der Waals surface area contributed by atoms with Crippen molar-refractivity contribution in [2.24, 2.45) is 11.8 Å². The van der Waals surface area contributed by atoms with Gasteiger partial charge in [0.05, 0.1) is 5.92 Å². The van der Waals surface area contributed by atoms with Crippen molar-refractivity contribution in [1.82, 2.24) is 0 Å². The molecule has 0 amide bonds. The molecular weight excluding hydrogens is 150 g/mol. The first-order chi connectivity index (χ1) is 5.16. The van der Waals surface area contributed by atoms with Crippen LogP contribution in [0.3, 0.4) is 0 Å². The molecule has 3 heteroatoms. The molecule has 0 saturated heterocycles. The SMILES string of the molecule is C[C@@H]1CCC(C=O)C(F)=C1F. The first-order valence-electron chi connectivity index (χ1n) is 3.67. The van der Waals surface area contributed by atoms with E-state index < -0.39 is 17.6 Å². The molecule has 0 heterocycles. The predicted molar refractivity (Wildman–Crippen MR) is 37.2 cm³/mol. The molecule has 1 unspecified atom stereocenters. The third kappa shape index (κ3) is 1.47. The van der Waals surface area contributed by atoms with Gasteiger partial charge in [0.15, 0.2) is 0 Å². The molecule has 0 saturated carbocycles. The van der Waals surface area contributed by atoms with Gasteiger partial charge in [-0.3, -0.25) is 0 Å². The third-order valence-electron chi connectivity index (χ3n) is 2.06. The third-order valence-corrected chi connectivity index (χ3v) is 2.06. The van der Waals surface area contributed by atoms with Crippen molar-refractivity contribution in [2.45, 2.75) is 19.8 Å². The van der Waals surface area contributed by atoms with Gasteiger partial charge in [-0.1, -0.05) is 6.92 Å². The summed E-state index contributed by atoms with van der Waals surface area (Å²) in [5.41, 5.74) is 0. The minimum absolute atomic E-state index is 0.355. The van der Waals surface area contributed by atoms with Gasteiger partial charge in [0.2, 0.25) is 0 Å². The molecule has 1 aliphatic rings. The molecule has 0 aromatic heterocycles. The highest BCUT2D eigenvalue weighted by Crippen LogP contribution is 2.34. The van der Waals surface area contributed by atoms with Crippen LogP contribution < -0.4 is 0 Å². The first kappa shape index (κ1) is 8.37. The molecule has 2 atom stereocenters. The number of halogens is 2. The van der Waals surface area contributed by atoms with Gasteiger partial charge >= 0.3 is 0 Å². The second-order valence-electron chi connectivity index (χ2n) is 2.92. The van der Waals surface area contributed by atoms with Crippen molar-refractivity contribution in [1.29, 1.82) is 0 Å². The Kier molecular flexibility index (Phi) is 2.37. The van der Waals surface area contributed by atoms with Crippen LogP contribution in [-0.2, 0) is 4.79 Å². The highest BCUT2D eigenvalue weighted by atomic mass is 19.2. The van der Waals surface area contributed by atoms with Gasteiger partial charge in [-0.2, -0.15) is 0 Å². The molecule has 0 aromatic rings. The number of rotatable bonds is 1. The summed E-state index contributed by atoms with van der Waals surface area (Å²) in [6.07, 6.45) is 1.47. The van der Waals surface area contributed by atoms with Crippen LogP contribution in [0.2, 0.25) is 0 Å². The van der Waals surface area contributed by atoms with Crippen molar-refractivity contribution < 1.29 is 13.6 Å². The summed E-state index contributed by atoms with van der Waals surface area (Å²) in [7, 11) is 0. The maximum absolute atomic E-state index is 12.8. The lowest BCUT2D eigenvalue weighted by molar-refractivity contribution is -0.111. The Morgan fingerprint density at radius 2 is 2.00 bits per heavy atom. The lowest BCUT2D eigenvalue weighted by Gasteiger charge is -2.19. The van der Waals surface area contributed by atoms with Gasteiger partial charge in [0.1, 0.15) is 17.9 Å². The van der Waals surface area contributed by atoms with Gasteiger partial charge in [-0.25, -0.2) is 8.78 Å². The Morgan fingerprint density at radius 1 is 1.36 bits per heavy atom. The quantitative estimate of drug-likeness (QED) is 0.538. The lowest BCUT2D eigenvalue weighted by atomic mass is 9.88. The summed E-state index contributed by atoms with van der Waals surface area (Å²) in [5, 5.41) is 0. The second kappa shape index (κ2) is 3.11. The van der Waals surface area contributed by atoms with Crippen LogP contribution in [0.4, 0.5) is 8.78 Å². The average Bonchev–Trinajstić information content (AvgIpc) is 2.01. The second-order valence-corrected chi connectivity index (χ2v) is 2.92. The van der Waals surface area contributed by atoms with Crippen LogP contribution in [0.25, 0.3) is 0 Å². The van der Waals surface area contributed by atoms with Crippen LogP contribution in [0, 0.1) is 11.8 Å². The van der Waals surface area contributed by atoms with Gasteiger partial charge in [-0.05, 0) is 12.8 Å². The number of hydrogen-bond acceptors (Lipinski definition) is 1. The molecular formula is C8H10F2O. The molecule has 1 nitrogen and oxygen atoms in total. The zero-order valence-corrected chi connectivity index (χ0v) is 6.31. The molecule has 0 bridgehead atoms. The normalized spacial score (nSPS) is 32.3. The highest BCUT2D eigenvalue weighted by Gasteiger charge is 2.27. The Bertz CT molecular complexity index is 198. The molecule has 0 aliphatic heterocycles. The Labute approximate surface area is 64.1 Å². The van der Waals surface area contributed by atoms with E-state index in [2.05, 4.69) is 0 Å². The van der Waals surface area contributed by atoms with Crippen molar-refractivity contribution >= 4 is 6.29 Å². The fraction of sp³-hybridized carbons (Fsp3) is 0.625. The van der Waals surface area contributed by atoms with E-state index in [0.717, 1.165) is 0 Å². The summed E-state index contributed by atoms with van der Waals surface area (Å²) >= 11 is 0. The summed E-state index contributed by atoms with van der Waals surface area (Å²) < 4.78 is 25.5. The summed E-state index contributed by atoms with van der Waals surface area (Å²) in [4.78, 5) is 10.2. The predicted octanol–water partition coefficient (Wildman–Crippen LogP) is 2.38. The first-order valence-corrected chi connectivity index (χ1v) is 3.67. The lowest BCUT2D eigenvalue weighted by Crippen LogP contribution is -2.14. The Balaban J connectivity index is 2.86. The van der Waals surface area contributed by atoms with E-state index in [0.29, 0.717) is 19.1 Å². The molecule has 0 spiro atoms. The molecule has 0 N–H and O–H groups in total. The van der Waals surface area contributed by atoms with Crippen molar-refractivity contribution in [3.63, 3.8) is 0 Å². The Hall–Kier alpha value is -0.730. The molecule has 62 valence electrons. The average molecular weight is 160 g/mol. The minimum Gasteiger partial charge on any atom is -0.303 e. The topological polar surface area (TPSA) is 17.1 Å². The largest absolute Gasteiger partial charge is 0.303 e. The van der Waals surface area contributed by atoms with E-state index in [1.54, 1.807) is 6.92 Å². The smallest absolute Gasteiger partial charge is 0.142 e. The molecule has 11 heavy (non-hydrogen) atoms. The van der Waals surface area contributed by atoms with E-state index in [1.165, 1.54) is 0 Å². The summed E-state index contributed by atoms with van der Waals surface area (Å²) in [6, 6.07) is 0. The van der Waals surface area contributed by atoms with Crippen LogP contribution in [0.15, 0.2) is 11.7 Å². The van der Waals surface area contributed by atoms with E-state index >= 15 is 0 Å². The summed E-state index contributed by atoms with van der Waals surface area (Å²) in [6.45, 7) is 1.62. The van der Waals surface area contributed by atoms with Crippen LogP contribution in [-0.4, -0.2) is 6.29 Å². The van der Waals surface area contributed by atoms with E-state index in [4.69, 9.17) is 0 Å². The molecule has 1 rings (SSSR count). The zero-order chi connectivity index (χ0) is 8.43. The van der Waals surface area contributed by atoms with Gasteiger partial charge in [-0.15, -0.1) is 0 Å². The van der Waals surface area contributed by atoms with Gasteiger partial charge in [0, 0.05) is 5.92 Å². The maximum Gasteiger partial charge on any atom is 0.142 e. The van der Waals surface area contributed by atoms with E-state index in [1.807, 2.05) is 0 Å².